The maximum absolute atomic E-state index is 13.1. The van der Waals surface area contributed by atoms with Gasteiger partial charge in [0.1, 0.15) is 19.0 Å². The molecule has 1 aliphatic rings. The van der Waals surface area contributed by atoms with Gasteiger partial charge in [0.05, 0.1) is 6.10 Å². The van der Waals surface area contributed by atoms with E-state index in [-0.39, 0.29) is 5.82 Å². The van der Waals surface area contributed by atoms with E-state index in [2.05, 4.69) is 0 Å². The molecule has 4 heteroatoms. The summed E-state index contributed by atoms with van der Waals surface area (Å²) in [5, 5.41) is 10.5. The van der Waals surface area contributed by atoms with Gasteiger partial charge in [0.15, 0.2) is 11.5 Å². The van der Waals surface area contributed by atoms with Gasteiger partial charge in [0, 0.05) is 12.0 Å². The lowest BCUT2D eigenvalue weighted by Crippen LogP contribution is -2.17. The summed E-state index contributed by atoms with van der Waals surface area (Å²) in [6.07, 6.45) is -0.308. The van der Waals surface area contributed by atoms with Gasteiger partial charge in [-0.05, 0) is 36.2 Å². The van der Waals surface area contributed by atoms with Gasteiger partial charge in [-0.3, -0.25) is 0 Å². The minimum atomic E-state index is -0.717. The highest BCUT2D eigenvalue weighted by Gasteiger charge is 2.21. The number of fused-ring (bicyclic) bond motifs is 1. The fourth-order valence-corrected chi connectivity index (χ4v) is 2.57. The van der Waals surface area contributed by atoms with Crippen molar-refractivity contribution in [1.82, 2.24) is 0 Å². The molecule has 0 amide bonds. The number of para-hydroxylation sites is 1. The van der Waals surface area contributed by atoms with E-state index < -0.39 is 6.10 Å². The molecular weight excluding hydrogens is 271 g/mol. The molecule has 0 fully saturated rings. The molecule has 0 saturated carbocycles. The number of hydrogen-bond acceptors (Lipinski definition) is 3. The van der Waals surface area contributed by atoms with Gasteiger partial charge in [-0.1, -0.05) is 18.2 Å². The SMILES string of the molecule is Cc1cc(F)ccc1CC(O)c1cccc2c1OCCO2. The van der Waals surface area contributed by atoms with Crippen LogP contribution < -0.4 is 9.47 Å². The molecule has 0 aliphatic carbocycles. The van der Waals surface area contributed by atoms with Crippen LogP contribution in [0.15, 0.2) is 36.4 Å². The molecular formula is C17H17FO3. The largest absolute Gasteiger partial charge is 0.486 e. The van der Waals surface area contributed by atoms with Crippen molar-refractivity contribution in [2.75, 3.05) is 13.2 Å². The molecule has 3 rings (SSSR count). The predicted octanol–water partition coefficient (Wildman–Crippen LogP) is 3.18. The first-order valence-electron chi connectivity index (χ1n) is 6.97. The molecule has 1 unspecified atom stereocenters. The Morgan fingerprint density at radius 2 is 2.00 bits per heavy atom. The lowest BCUT2D eigenvalue weighted by Gasteiger charge is -2.23. The molecule has 1 aliphatic heterocycles. The Morgan fingerprint density at radius 3 is 2.81 bits per heavy atom. The standard InChI is InChI=1S/C17H17FO3/c1-11-9-13(18)6-5-12(11)10-15(19)14-3-2-4-16-17(14)21-8-7-20-16/h2-6,9,15,19H,7-8,10H2,1H3. The Balaban J connectivity index is 1.87. The van der Waals surface area contributed by atoms with Crippen LogP contribution in [0, 0.1) is 12.7 Å². The van der Waals surface area contributed by atoms with Crippen molar-refractivity contribution >= 4 is 0 Å². The number of hydrogen-bond donors (Lipinski definition) is 1. The molecule has 0 aromatic heterocycles. The molecule has 0 radical (unpaired) electrons. The van der Waals surface area contributed by atoms with E-state index in [1.807, 2.05) is 25.1 Å². The maximum Gasteiger partial charge on any atom is 0.167 e. The summed E-state index contributed by atoms with van der Waals surface area (Å²) in [6, 6.07) is 10.1. The van der Waals surface area contributed by atoms with Crippen LogP contribution >= 0.6 is 0 Å². The fourth-order valence-electron chi connectivity index (χ4n) is 2.57. The van der Waals surface area contributed by atoms with E-state index in [0.717, 1.165) is 11.1 Å². The van der Waals surface area contributed by atoms with Crippen molar-refractivity contribution in [3.8, 4) is 11.5 Å². The zero-order valence-electron chi connectivity index (χ0n) is 11.8. The zero-order chi connectivity index (χ0) is 14.8. The van der Waals surface area contributed by atoms with Crippen molar-refractivity contribution in [1.29, 1.82) is 0 Å². The van der Waals surface area contributed by atoms with Crippen molar-refractivity contribution in [3.63, 3.8) is 0 Å². The molecule has 2 aromatic carbocycles. The smallest absolute Gasteiger partial charge is 0.167 e. The second-order valence-corrected chi connectivity index (χ2v) is 5.16. The number of rotatable bonds is 3. The Morgan fingerprint density at radius 1 is 1.19 bits per heavy atom. The van der Waals surface area contributed by atoms with Crippen LogP contribution in [0.5, 0.6) is 11.5 Å². The van der Waals surface area contributed by atoms with Crippen LogP contribution in [0.3, 0.4) is 0 Å². The number of halogens is 1. The van der Waals surface area contributed by atoms with Crippen molar-refractivity contribution in [2.24, 2.45) is 0 Å². The van der Waals surface area contributed by atoms with Gasteiger partial charge in [0.25, 0.3) is 0 Å². The summed E-state index contributed by atoms with van der Waals surface area (Å²) in [5.74, 6) is 1.00. The molecule has 110 valence electrons. The van der Waals surface area contributed by atoms with E-state index in [1.54, 1.807) is 6.07 Å². The normalized spacial score (nSPS) is 14.8. The number of ether oxygens (including phenoxy) is 2. The van der Waals surface area contributed by atoms with Gasteiger partial charge >= 0.3 is 0 Å². The van der Waals surface area contributed by atoms with Crippen LogP contribution in [0.4, 0.5) is 4.39 Å². The second-order valence-electron chi connectivity index (χ2n) is 5.16. The van der Waals surface area contributed by atoms with Gasteiger partial charge < -0.3 is 14.6 Å². The lowest BCUT2D eigenvalue weighted by atomic mass is 9.97. The van der Waals surface area contributed by atoms with Crippen molar-refractivity contribution in [3.05, 3.63) is 58.9 Å². The van der Waals surface area contributed by atoms with Gasteiger partial charge in [-0.15, -0.1) is 0 Å². The lowest BCUT2D eigenvalue weighted by molar-refractivity contribution is 0.146. The first kappa shape index (κ1) is 13.9. The summed E-state index contributed by atoms with van der Waals surface area (Å²) in [4.78, 5) is 0. The molecule has 0 spiro atoms. The Kier molecular flexibility index (Phi) is 3.80. The summed E-state index contributed by atoms with van der Waals surface area (Å²) >= 11 is 0. The predicted molar refractivity (Wildman–Crippen MR) is 77.2 cm³/mol. The Hall–Kier alpha value is -2.07. The second kappa shape index (κ2) is 5.74. The highest BCUT2D eigenvalue weighted by molar-refractivity contribution is 5.49. The molecule has 0 saturated heterocycles. The average molecular weight is 288 g/mol. The van der Waals surface area contributed by atoms with Gasteiger partial charge in [-0.2, -0.15) is 0 Å². The molecule has 1 atom stereocenters. The summed E-state index contributed by atoms with van der Waals surface area (Å²) in [6.45, 7) is 2.83. The van der Waals surface area contributed by atoms with Crippen molar-refractivity contribution < 1.29 is 19.0 Å². The third-order valence-electron chi connectivity index (χ3n) is 3.67. The molecule has 1 N–H and O–H groups in total. The molecule has 1 heterocycles. The number of benzene rings is 2. The minimum Gasteiger partial charge on any atom is -0.486 e. The monoisotopic (exact) mass is 288 g/mol. The highest BCUT2D eigenvalue weighted by Crippen LogP contribution is 2.38. The minimum absolute atomic E-state index is 0.264. The fraction of sp³-hybridized carbons (Fsp3) is 0.294. The van der Waals surface area contributed by atoms with Crippen LogP contribution in [0.25, 0.3) is 0 Å². The van der Waals surface area contributed by atoms with E-state index >= 15 is 0 Å². The first-order valence-corrected chi connectivity index (χ1v) is 6.97. The van der Waals surface area contributed by atoms with Crippen LogP contribution in [-0.2, 0) is 6.42 Å². The molecule has 0 bridgehead atoms. The van der Waals surface area contributed by atoms with Crippen LogP contribution in [0.1, 0.15) is 22.8 Å². The molecule has 3 nitrogen and oxygen atoms in total. The van der Waals surface area contributed by atoms with Gasteiger partial charge in [-0.25, -0.2) is 4.39 Å². The van der Waals surface area contributed by atoms with E-state index in [1.165, 1.54) is 12.1 Å². The summed E-state index contributed by atoms with van der Waals surface area (Å²) in [5.41, 5.74) is 2.45. The highest BCUT2D eigenvalue weighted by atomic mass is 19.1. The third kappa shape index (κ3) is 2.85. The number of aliphatic hydroxyl groups is 1. The Labute approximate surface area is 122 Å². The van der Waals surface area contributed by atoms with E-state index in [0.29, 0.717) is 36.7 Å². The van der Waals surface area contributed by atoms with Crippen molar-refractivity contribution in [2.45, 2.75) is 19.4 Å². The Bertz CT molecular complexity index is 654. The molecule has 21 heavy (non-hydrogen) atoms. The topological polar surface area (TPSA) is 38.7 Å². The first-order chi connectivity index (χ1) is 10.1. The van der Waals surface area contributed by atoms with E-state index in [9.17, 15) is 9.50 Å². The zero-order valence-corrected chi connectivity index (χ0v) is 11.8. The third-order valence-corrected chi connectivity index (χ3v) is 3.67. The summed E-state index contributed by atoms with van der Waals surface area (Å²) < 4.78 is 24.3. The molecule has 2 aromatic rings. The van der Waals surface area contributed by atoms with Gasteiger partial charge in [0.2, 0.25) is 0 Å². The number of aryl methyl sites for hydroxylation is 1. The van der Waals surface area contributed by atoms with E-state index in [4.69, 9.17) is 9.47 Å². The van der Waals surface area contributed by atoms with Crippen LogP contribution in [0.2, 0.25) is 0 Å². The maximum atomic E-state index is 13.1. The summed E-state index contributed by atoms with van der Waals surface area (Å²) in [7, 11) is 0. The number of aliphatic hydroxyl groups excluding tert-OH is 1. The van der Waals surface area contributed by atoms with Crippen LogP contribution in [-0.4, -0.2) is 18.3 Å². The quantitative estimate of drug-likeness (QED) is 0.942. The average Bonchev–Trinajstić information content (AvgIpc) is 2.49.